The Morgan fingerprint density at radius 2 is 1.74 bits per heavy atom. The van der Waals surface area contributed by atoms with Crippen molar-refractivity contribution in [1.82, 2.24) is 35.3 Å². The molecule has 17 nitrogen and oxygen atoms in total. The number of amides is 4. The lowest BCUT2D eigenvalue weighted by Gasteiger charge is -2.35. The molecular formula is C42H51F2N9O8. The van der Waals surface area contributed by atoms with Gasteiger partial charge in [-0.3, -0.25) is 19.2 Å². The fourth-order valence-electron chi connectivity index (χ4n) is 6.63. The van der Waals surface area contributed by atoms with E-state index in [0.717, 1.165) is 12.8 Å². The summed E-state index contributed by atoms with van der Waals surface area (Å²) in [5.41, 5.74) is -1.03. The van der Waals surface area contributed by atoms with Crippen molar-refractivity contribution in [3.8, 4) is 17.1 Å². The van der Waals surface area contributed by atoms with Crippen molar-refractivity contribution in [3.63, 3.8) is 0 Å². The molecule has 1 aliphatic heterocycles. The summed E-state index contributed by atoms with van der Waals surface area (Å²) in [5.74, 6) is -0.976. The van der Waals surface area contributed by atoms with E-state index in [1.54, 1.807) is 84.1 Å². The zero-order valence-electron chi connectivity index (χ0n) is 35.1. The van der Waals surface area contributed by atoms with E-state index < -0.39 is 71.1 Å². The minimum atomic E-state index is -3.02. The van der Waals surface area contributed by atoms with E-state index in [-0.39, 0.29) is 36.8 Å². The zero-order chi connectivity index (χ0) is 44.2. The topological polar surface area (TPSA) is 212 Å². The first-order valence-electron chi connectivity index (χ1n) is 19.9. The first-order chi connectivity index (χ1) is 28.7. The van der Waals surface area contributed by atoms with E-state index in [2.05, 4.69) is 36.3 Å². The third-order valence-electron chi connectivity index (χ3n) is 9.83. The van der Waals surface area contributed by atoms with Gasteiger partial charge in [0.25, 0.3) is 12.3 Å². The van der Waals surface area contributed by atoms with Crippen molar-refractivity contribution in [2.24, 2.45) is 11.3 Å². The lowest BCUT2D eigenvalue weighted by molar-refractivity contribution is -0.147. The number of oxazole rings is 1. The number of likely N-dealkylation sites (tertiary alicyclic amines) is 1. The smallest absolute Gasteiger partial charge is 0.408 e. The van der Waals surface area contributed by atoms with Crippen LogP contribution < -0.4 is 21.3 Å². The number of ether oxygens (including phenoxy) is 2. The summed E-state index contributed by atoms with van der Waals surface area (Å²) in [6.07, 6.45) is 1.81. The molecule has 2 aliphatic rings. The van der Waals surface area contributed by atoms with Gasteiger partial charge in [0.2, 0.25) is 17.7 Å². The Morgan fingerprint density at radius 1 is 1.02 bits per heavy atom. The van der Waals surface area contributed by atoms with Gasteiger partial charge in [0.05, 0.1) is 24.1 Å². The van der Waals surface area contributed by atoms with Crippen LogP contribution in [0.15, 0.2) is 59.5 Å². The molecule has 1 saturated carbocycles. The van der Waals surface area contributed by atoms with Crippen LogP contribution >= 0.6 is 0 Å². The van der Waals surface area contributed by atoms with Gasteiger partial charge in [0.1, 0.15) is 35.9 Å². The molecule has 0 radical (unpaired) electrons. The van der Waals surface area contributed by atoms with Crippen LogP contribution in [0.3, 0.4) is 0 Å². The van der Waals surface area contributed by atoms with E-state index in [4.69, 9.17) is 13.9 Å². The number of hydrogen-bond acceptors (Lipinski definition) is 12. The number of rotatable bonds is 14. The number of hydrogen-bond donors (Lipinski definition) is 4. The molecular weight excluding hydrogens is 797 g/mol. The van der Waals surface area contributed by atoms with Gasteiger partial charge in [-0.1, -0.05) is 32.9 Å². The Hall–Kier alpha value is -6.40. The monoisotopic (exact) mass is 847 g/mol. The molecule has 4 heterocycles. The Kier molecular flexibility index (Phi) is 13.1. The van der Waals surface area contributed by atoms with E-state index in [1.807, 2.05) is 0 Å². The van der Waals surface area contributed by atoms with Crippen LogP contribution in [0.25, 0.3) is 17.1 Å². The number of pyridine rings is 1. The second-order valence-corrected chi connectivity index (χ2v) is 17.2. The molecule has 3 aromatic heterocycles. The lowest BCUT2D eigenvalue weighted by Crippen LogP contribution is -2.58. The van der Waals surface area contributed by atoms with Gasteiger partial charge in [-0.25, -0.2) is 28.2 Å². The highest BCUT2D eigenvalue weighted by atomic mass is 19.3. The van der Waals surface area contributed by atoms with Gasteiger partial charge >= 0.3 is 12.1 Å². The average molecular weight is 848 g/mol. The third-order valence-corrected chi connectivity index (χ3v) is 9.83. The second kappa shape index (κ2) is 18.1. The number of esters is 1. The number of carbonyl (C=O) groups excluding carboxylic acids is 5. The van der Waals surface area contributed by atoms with E-state index in [0.29, 0.717) is 28.6 Å². The molecule has 0 bridgehead atoms. The first kappa shape index (κ1) is 44.2. The highest BCUT2D eigenvalue weighted by Gasteiger charge is 2.46. The minimum Gasteiger partial charge on any atom is -0.461 e. The van der Waals surface area contributed by atoms with Crippen LogP contribution in [0, 0.1) is 11.3 Å². The first-order valence-corrected chi connectivity index (χ1v) is 19.9. The molecule has 61 heavy (non-hydrogen) atoms. The number of alkyl halides is 2. The lowest BCUT2D eigenvalue weighted by atomic mass is 9.85. The molecule has 0 spiro atoms. The summed E-state index contributed by atoms with van der Waals surface area (Å²) >= 11 is 0. The Balaban J connectivity index is 1.10. The number of alkyl carbamates (subject to hydrolysis) is 1. The van der Waals surface area contributed by atoms with Gasteiger partial charge in [-0.2, -0.15) is 5.10 Å². The van der Waals surface area contributed by atoms with E-state index >= 15 is 0 Å². The highest BCUT2D eigenvalue weighted by molar-refractivity contribution is 6.03. The molecule has 19 heteroatoms. The van der Waals surface area contributed by atoms with E-state index in [9.17, 15) is 32.8 Å². The number of anilines is 2. The molecule has 3 atom stereocenters. The molecule has 1 saturated heterocycles. The molecule has 0 unspecified atom stereocenters. The fourth-order valence-corrected chi connectivity index (χ4v) is 6.63. The number of carbonyl (C=O) groups is 5. The Labute approximate surface area is 351 Å². The largest absolute Gasteiger partial charge is 0.461 e. The minimum absolute atomic E-state index is 0.0227. The molecule has 326 valence electrons. The van der Waals surface area contributed by atoms with Crippen molar-refractivity contribution < 1.29 is 46.6 Å². The summed E-state index contributed by atoms with van der Waals surface area (Å²) in [5, 5.41) is 15.2. The third kappa shape index (κ3) is 11.7. The van der Waals surface area contributed by atoms with Crippen LogP contribution in [0.1, 0.15) is 95.9 Å². The number of aromatic nitrogens is 4. The SMILES string of the molecule is CC(=O)O[C@@H]1C[C@@H](C(=O)NCc2ccc(-n3cc(NC(=O)c4coc(-c5ccnc(NCC6CC6)c5)n4)c(C(F)F)n3)cc2)N(C(=O)[C@@H](NC(=O)OC(C)(C)C)C(C)(C)C)C1. The van der Waals surface area contributed by atoms with Gasteiger partial charge in [0.15, 0.2) is 11.4 Å². The maximum atomic E-state index is 14.2. The predicted octanol–water partition coefficient (Wildman–Crippen LogP) is 6.02. The second-order valence-electron chi connectivity index (χ2n) is 17.2. The predicted molar refractivity (Wildman–Crippen MR) is 218 cm³/mol. The van der Waals surface area contributed by atoms with Crippen LogP contribution in [0.4, 0.5) is 25.1 Å². The van der Waals surface area contributed by atoms with E-state index in [1.165, 1.54) is 35.5 Å². The fraction of sp³-hybridized carbons (Fsp3) is 0.476. The summed E-state index contributed by atoms with van der Waals surface area (Å²) in [4.78, 5) is 75.3. The van der Waals surface area contributed by atoms with Gasteiger partial charge < -0.3 is 40.1 Å². The number of benzene rings is 1. The van der Waals surface area contributed by atoms with Gasteiger partial charge in [0, 0.05) is 38.2 Å². The normalized spacial score (nSPS) is 17.1. The quantitative estimate of drug-likeness (QED) is 0.107. The molecule has 1 aliphatic carbocycles. The Bertz CT molecular complexity index is 2240. The molecule has 4 aromatic rings. The summed E-state index contributed by atoms with van der Waals surface area (Å²) < 4.78 is 45.8. The summed E-state index contributed by atoms with van der Waals surface area (Å²) in [7, 11) is 0. The van der Waals surface area contributed by atoms with Crippen LogP contribution in [0.2, 0.25) is 0 Å². The number of nitrogens with one attached hydrogen (secondary N) is 4. The Morgan fingerprint density at radius 3 is 2.38 bits per heavy atom. The van der Waals surface area contributed by atoms with Crippen LogP contribution in [0.5, 0.6) is 0 Å². The molecule has 4 N–H and O–H groups in total. The molecule has 4 amide bonds. The van der Waals surface area contributed by atoms with Crippen molar-refractivity contribution in [2.75, 3.05) is 23.7 Å². The zero-order valence-corrected chi connectivity index (χ0v) is 35.1. The van der Waals surface area contributed by atoms with Crippen LogP contribution in [-0.2, 0) is 30.4 Å². The number of nitrogens with zero attached hydrogens (tertiary/aromatic N) is 5. The highest BCUT2D eigenvalue weighted by Crippen LogP contribution is 2.31. The average Bonchev–Trinajstić information content (AvgIpc) is 3.51. The molecule has 1 aromatic carbocycles. The molecule has 6 rings (SSSR count). The van der Waals surface area contributed by atoms with Crippen molar-refractivity contribution in [1.29, 1.82) is 0 Å². The molecule has 2 fully saturated rings. The van der Waals surface area contributed by atoms with Gasteiger partial charge in [-0.15, -0.1) is 0 Å². The maximum Gasteiger partial charge on any atom is 0.408 e. The van der Waals surface area contributed by atoms with Crippen molar-refractivity contribution in [2.45, 2.75) is 104 Å². The standard InChI is InChI=1S/C42H51F2N9O8/c1-23(54)60-28-17-31(52(20-28)39(57)34(41(2,3)4)50-40(58)61-42(5,6)7)37(56)47-19-25-10-12-27(13-11-25)53-21-29(33(51-53)35(43)44)48-36(55)30-22-59-38(49-30)26-14-15-45-32(16-26)46-18-24-8-9-24/h10-16,21-22,24,28,31,34-35H,8-9,17-20H2,1-7H3,(H,45,46)(H,47,56)(H,48,55)(H,50,58)/t28-,31+,34-/m1/s1. The van der Waals surface area contributed by atoms with Crippen LogP contribution in [-0.4, -0.2) is 91.3 Å². The summed E-state index contributed by atoms with van der Waals surface area (Å²) in [6.45, 7) is 12.4. The van der Waals surface area contributed by atoms with Crippen molar-refractivity contribution >= 4 is 41.3 Å². The van der Waals surface area contributed by atoms with Gasteiger partial charge in [-0.05, 0) is 74.8 Å². The summed E-state index contributed by atoms with van der Waals surface area (Å²) in [6, 6.07) is 7.82. The van der Waals surface area contributed by atoms with Crippen molar-refractivity contribution in [3.05, 3.63) is 72.0 Å². The maximum absolute atomic E-state index is 14.2. The number of halogens is 2.